The molecule has 2 heterocycles. The number of hydrogen-bond donors (Lipinski definition) is 0. The second-order valence-corrected chi connectivity index (χ2v) is 12.5. The number of benzene rings is 8. The molecular formula is C46H28N2O. The Kier molecular flexibility index (Phi) is 6.18. The Balaban J connectivity index is 1.17. The number of para-hydroxylation sites is 1. The molecule has 0 atom stereocenters. The van der Waals surface area contributed by atoms with Gasteiger partial charge in [-0.3, -0.25) is 4.98 Å². The van der Waals surface area contributed by atoms with Crippen molar-refractivity contribution in [3.05, 3.63) is 170 Å². The summed E-state index contributed by atoms with van der Waals surface area (Å²) in [5.41, 5.74) is 12.1. The van der Waals surface area contributed by atoms with Crippen LogP contribution in [0.2, 0.25) is 0 Å². The Morgan fingerprint density at radius 2 is 0.898 bits per heavy atom. The Morgan fingerprint density at radius 3 is 1.63 bits per heavy atom. The SMILES string of the molecule is c1ccc(-c2cccc3c2oc2c(-c4ccccc4)cc(-c4cccc(-c5cnc6c7ccccc7c7ccccc7c6n5)c4)cc23)cc1. The summed E-state index contributed by atoms with van der Waals surface area (Å²) >= 11 is 0. The molecule has 0 aliphatic rings. The van der Waals surface area contributed by atoms with Gasteiger partial charge in [-0.2, -0.15) is 0 Å². The zero-order valence-electron chi connectivity index (χ0n) is 26.5. The van der Waals surface area contributed by atoms with E-state index in [2.05, 4.69) is 158 Å². The van der Waals surface area contributed by atoms with E-state index < -0.39 is 0 Å². The van der Waals surface area contributed by atoms with Crippen LogP contribution in [0.25, 0.3) is 99.2 Å². The molecule has 10 rings (SSSR count). The van der Waals surface area contributed by atoms with E-state index in [1.54, 1.807) is 0 Å². The molecule has 0 saturated carbocycles. The third kappa shape index (κ3) is 4.44. The van der Waals surface area contributed by atoms with Crippen LogP contribution in [0.1, 0.15) is 0 Å². The van der Waals surface area contributed by atoms with E-state index in [9.17, 15) is 0 Å². The van der Waals surface area contributed by atoms with Crippen LogP contribution in [0.5, 0.6) is 0 Å². The molecule has 0 amide bonds. The molecule has 0 aliphatic heterocycles. The van der Waals surface area contributed by atoms with Gasteiger partial charge in [0.05, 0.1) is 22.9 Å². The minimum atomic E-state index is 0.848. The minimum Gasteiger partial charge on any atom is -0.455 e. The van der Waals surface area contributed by atoms with E-state index in [4.69, 9.17) is 14.4 Å². The van der Waals surface area contributed by atoms with E-state index in [1.807, 2.05) is 12.3 Å². The number of nitrogens with zero attached hydrogens (tertiary/aromatic N) is 2. The number of aromatic nitrogens is 2. The quantitative estimate of drug-likeness (QED) is 0.183. The van der Waals surface area contributed by atoms with E-state index in [1.165, 1.54) is 10.8 Å². The largest absolute Gasteiger partial charge is 0.455 e. The molecule has 0 bridgehead atoms. The maximum Gasteiger partial charge on any atom is 0.143 e. The van der Waals surface area contributed by atoms with Crippen molar-refractivity contribution in [1.82, 2.24) is 9.97 Å². The van der Waals surface area contributed by atoms with Gasteiger partial charge in [-0.1, -0.05) is 146 Å². The fourth-order valence-electron chi connectivity index (χ4n) is 7.36. The highest BCUT2D eigenvalue weighted by molar-refractivity contribution is 6.23. The van der Waals surface area contributed by atoms with Crippen LogP contribution < -0.4 is 0 Å². The lowest BCUT2D eigenvalue weighted by Crippen LogP contribution is -1.92. The molecule has 0 spiro atoms. The zero-order chi connectivity index (χ0) is 32.3. The predicted octanol–water partition coefficient (Wildman–Crippen LogP) is 12.5. The van der Waals surface area contributed by atoms with E-state index in [-0.39, 0.29) is 0 Å². The molecule has 0 radical (unpaired) electrons. The van der Waals surface area contributed by atoms with Gasteiger partial charge in [-0.05, 0) is 51.2 Å². The summed E-state index contributed by atoms with van der Waals surface area (Å²) in [5, 5.41) is 6.82. The van der Waals surface area contributed by atoms with Gasteiger partial charge in [-0.25, -0.2) is 4.98 Å². The standard InChI is InChI=1S/C46H28N2O/c1-3-13-29(14-4-1)34-23-12-24-39-41-27-33(26-40(46(41)49-45(34)39)30-15-5-2-6-16-30)31-17-11-18-32(25-31)42-28-47-43-37-21-9-7-19-35(37)36-20-8-10-22-38(36)44(43)48-42/h1-28H. The Bertz CT molecular complexity index is 2840. The normalized spacial score (nSPS) is 11.7. The Labute approximate surface area is 282 Å². The molecule has 3 heteroatoms. The van der Waals surface area contributed by atoms with Crippen LogP contribution in [-0.4, -0.2) is 9.97 Å². The first kappa shape index (κ1) is 27.5. The van der Waals surface area contributed by atoms with Gasteiger partial charge in [-0.15, -0.1) is 0 Å². The number of furan rings is 1. The highest BCUT2D eigenvalue weighted by Gasteiger charge is 2.18. The summed E-state index contributed by atoms with van der Waals surface area (Å²) in [6.07, 6.45) is 1.91. The first-order valence-corrected chi connectivity index (χ1v) is 16.6. The molecular weight excluding hydrogens is 597 g/mol. The molecule has 0 unspecified atom stereocenters. The molecule has 2 aromatic heterocycles. The molecule has 10 aromatic rings. The lowest BCUT2D eigenvalue weighted by Gasteiger charge is -2.11. The lowest BCUT2D eigenvalue weighted by molar-refractivity contribution is 0.671. The van der Waals surface area contributed by atoms with Crippen LogP contribution in [-0.2, 0) is 0 Å². The topological polar surface area (TPSA) is 38.9 Å². The summed E-state index contributed by atoms with van der Waals surface area (Å²) in [7, 11) is 0. The van der Waals surface area contributed by atoms with Crippen LogP contribution in [0.15, 0.2) is 174 Å². The highest BCUT2D eigenvalue weighted by Crippen LogP contribution is 2.43. The molecule has 0 saturated heterocycles. The molecule has 0 N–H and O–H groups in total. The van der Waals surface area contributed by atoms with Crippen molar-refractivity contribution in [3.63, 3.8) is 0 Å². The van der Waals surface area contributed by atoms with Gasteiger partial charge < -0.3 is 4.42 Å². The van der Waals surface area contributed by atoms with Crippen molar-refractivity contribution < 1.29 is 4.42 Å². The van der Waals surface area contributed by atoms with E-state index >= 15 is 0 Å². The smallest absolute Gasteiger partial charge is 0.143 e. The summed E-state index contributed by atoms with van der Waals surface area (Å²) in [4.78, 5) is 10.3. The van der Waals surface area contributed by atoms with E-state index in [0.717, 1.165) is 88.4 Å². The first-order valence-electron chi connectivity index (χ1n) is 16.6. The third-order valence-corrected chi connectivity index (χ3v) is 9.69. The molecule has 49 heavy (non-hydrogen) atoms. The fraction of sp³-hybridized carbons (Fsp3) is 0. The summed E-state index contributed by atoms with van der Waals surface area (Å²) in [5.74, 6) is 0. The average molecular weight is 625 g/mol. The molecule has 0 aliphatic carbocycles. The molecule has 0 fully saturated rings. The van der Waals surface area contributed by atoms with Gasteiger partial charge in [0.15, 0.2) is 0 Å². The first-order chi connectivity index (χ1) is 24.3. The van der Waals surface area contributed by atoms with Crippen molar-refractivity contribution >= 4 is 54.5 Å². The van der Waals surface area contributed by atoms with Crippen LogP contribution in [0, 0.1) is 0 Å². The van der Waals surface area contributed by atoms with Crippen molar-refractivity contribution in [1.29, 1.82) is 0 Å². The second-order valence-electron chi connectivity index (χ2n) is 12.5. The number of rotatable bonds is 4. The molecule has 8 aromatic carbocycles. The van der Waals surface area contributed by atoms with Gasteiger partial charge in [0.25, 0.3) is 0 Å². The Morgan fingerprint density at radius 1 is 0.347 bits per heavy atom. The Hall–Kier alpha value is -6.58. The van der Waals surface area contributed by atoms with Crippen molar-refractivity contribution in [2.45, 2.75) is 0 Å². The zero-order valence-corrected chi connectivity index (χ0v) is 26.5. The summed E-state index contributed by atoms with van der Waals surface area (Å²) in [6, 6.07) is 57.5. The van der Waals surface area contributed by atoms with Gasteiger partial charge in [0.2, 0.25) is 0 Å². The maximum absolute atomic E-state index is 6.80. The average Bonchev–Trinajstić information content (AvgIpc) is 3.57. The van der Waals surface area contributed by atoms with Crippen molar-refractivity contribution in [2.75, 3.05) is 0 Å². The molecule has 3 nitrogen and oxygen atoms in total. The van der Waals surface area contributed by atoms with Gasteiger partial charge in [0.1, 0.15) is 11.2 Å². The maximum atomic E-state index is 6.80. The van der Waals surface area contributed by atoms with Crippen LogP contribution >= 0.6 is 0 Å². The highest BCUT2D eigenvalue weighted by atomic mass is 16.3. The minimum absolute atomic E-state index is 0.848. The van der Waals surface area contributed by atoms with E-state index in [0.29, 0.717) is 0 Å². The second kappa shape index (κ2) is 11.0. The van der Waals surface area contributed by atoms with Crippen LogP contribution in [0.4, 0.5) is 0 Å². The number of fused-ring (bicyclic) bond motifs is 9. The predicted molar refractivity (Wildman–Crippen MR) is 204 cm³/mol. The van der Waals surface area contributed by atoms with Gasteiger partial charge >= 0.3 is 0 Å². The van der Waals surface area contributed by atoms with Crippen molar-refractivity contribution in [2.24, 2.45) is 0 Å². The lowest BCUT2D eigenvalue weighted by atomic mass is 9.94. The number of hydrogen-bond acceptors (Lipinski definition) is 3. The van der Waals surface area contributed by atoms with Crippen molar-refractivity contribution in [3.8, 4) is 44.6 Å². The van der Waals surface area contributed by atoms with Gasteiger partial charge in [0, 0.05) is 38.2 Å². The summed E-state index contributed by atoms with van der Waals surface area (Å²) < 4.78 is 6.80. The summed E-state index contributed by atoms with van der Waals surface area (Å²) in [6.45, 7) is 0. The third-order valence-electron chi connectivity index (χ3n) is 9.69. The molecule has 228 valence electrons. The monoisotopic (exact) mass is 624 g/mol. The fourth-order valence-corrected chi connectivity index (χ4v) is 7.36. The van der Waals surface area contributed by atoms with Crippen LogP contribution in [0.3, 0.4) is 0 Å².